The van der Waals surface area contributed by atoms with Crippen LogP contribution in [0.15, 0.2) is 10.9 Å². The number of benzene rings is 1. The van der Waals surface area contributed by atoms with E-state index in [0.29, 0.717) is 17.8 Å². The summed E-state index contributed by atoms with van der Waals surface area (Å²) in [6.07, 6.45) is 0. The maximum Gasteiger partial charge on any atom is 0.443 e. The third kappa shape index (κ3) is 2.01. The van der Waals surface area contributed by atoms with Crippen LogP contribution < -0.4 is 27.3 Å². The summed E-state index contributed by atoms with van der Waals surface area (Å²) >= 11 is 0. The third-order valence-corrected chi connectivity index (χ3v) is 3.16. The van der Waals surface area contributed by atoms with Crippen LogP contribution in [0.3, 0.4) is 0 Å². The number of halogens is 1. The van der Waals surface area contributed by atoms with Gasteiger partial charge in [-0.05, 0) is 6.92 Å². The number of hydrogen-bond acceptors (Lipinski definition) is 6. The highest BCUT2D eigenvalue weighted by atomic mass is 35.5. The first-order valence-electron chi connectivity index (χ1n) is 6.04. The molecule has 1 aliphatic heterocycles. The lowest BCUT2D eigenvalue weighted by Crippen LogP contribution is -3.00. The van der Waals surface area contributed by atoms with Crippen LogP contribution in [0.2, 0.25) is 0 Å². The van der Waals surface area contributed by atoms with Crippen LogP contribution in [0, 0.1) is 5.39 Å². The molecule has 0 bridgehead atoms. The Morgan fingerprint density at radius 2 is 2.27 bits per heavy atom. The van der Waals surface area contributed by atoms with Gasteiger partial charge in [0.2, 0.25) is 23.3 Å². The SMILES string of the molecule is CCn1nc(C(=O)O)c(=O)c2c([N+]#N)c3c(cc21)OCO3.[Cl-]. The molecule has 1 aromatic carbocycles. The Labute approximate surface area is 129 Å². The smallest absolute Gasteiger partial charge is 0.443 e. The highest BCUT2D eigenvalue weighted by Crippen LogP contribution is 2.45. The van der Waals surface area contributed by atoms with Gasteiger partial charge in [0.15, 0.2) is 10.7 Å². The van der Waals surface area contributed by atoms with E-state index >= 15 is 0 Å². The first-order valence-corrected chi connectivity index (χ1v) is 6.04. The van der Waals surface area contributed by atoms with E-state index < -0.39 is 17.1 Å². The molecule has 9 nitrogen and oxygen atoms in total. The average molecular weight is 325 g/mol. The van der Waals surface area contributed by atoms with Crippen molar-refractivity contribution >= 4 is 22.6 Å². The molecule has 10 heteroatoms. The quantitative estimate of drug-likeness (QED) is 0.656. The van der Waals surface area contributed by atoms with Crippen molar-refractivity contribution in [1.29, 1.82) is 5.39 Å². The molecule has 114 valence electrons. The molecule has 0 saturated heterocycles. The Bertz CT molecular complexity index is 886. The summed E-state index contributed by atoms with van der Waals surface area (Å²) in [7, 11) is 0. The number of rotatable bonds is 2. The first kappa shape index (κ1) is 15.5. The van der Waals surface area contributed by atoms with Crippen LogP contribution in [-0.4, -0.2) is 27.6 Å². The predicted octanol–water partition coefficient (Wildman–Crippen LogP) is -1.67. The van der Waals surface area contributed by atoms with Gasteiger partial charge in [-0.25, -0.2) is 4.79 Å². The van der Waals surface area contributed by atoms with Gasteiger partial charge in [0.25, 0.3) is 5.75 Å². The second-order valence-electron chi connectivity index (χ2n) is 4.25. The lowest BCUT2D eigenvalue weighted by Gasteiger charge is -2.07. The van der Waals surface area contributed by atoms with Crippen molar-refractivity contribution in [3.63, 3.8) is 0 Å². The lowest BCUT2D eigenvalue weighted by molar-refractivity contribution is -0.0000216. The topological polar surface area (TPSA) is 119 Å². The zero-order chi connectivity index (χ0) is 15.1. The molecule has 2 heterocycles. The Morgan fingerprint density at radius 1 is 1.55 bits per heavy atom. The normalized spacial score (nSPS) is 11.8. The summed E-state index contributed by atoms with van der Waals surface area (Å²) in [5, 5.41) is 22.0. The molecule has 22 heavy (non-hydrogen) atoms. The van der Waals surface area contributed by atoms with Gasteiger partial charge in [0.1, 0.15) is 5.39 Å². The number of aryl methyl sites for hydroxylation is 1. The molecule has 0 amide bonds. The van der Waals surface area contributed by atoms with E-state index in [1.807, 2.05) is 0 Å². The summed E-state index contributed by atoms with van der Waals surface area (Å²) in [6.45, 7) is 1.98. The minimum Gasteiger partial charge on any atom is -1.00 e. The molecule has 0 radical (unpaired) electrons. The molecule has 1 aromatic heterocycles. The molecule has 0 spiro atoms. The number of ether oxygens (including phenoxy) is 2. The van der Waals surface area contributed by atoms with Gasteiger partial charge in [-0.1, -0.05) is 0 Å². The van der Waals surface area contributed by atoms with Crippen LogP contribution in [0.1, 0.15) is 17.4 Å². The number of nitrogens with zero attached hydrogens (tertiary/aromatic N) is 4. The molecular formula is C12H9ClN4O5. The van der Waals surface area contributed by atoms with E-state index in [1.165, 1.54) is 10.7 Å². The van der Waals surface area contributed by atoms with Crippen LogP contribution in [-0.2, 0) is 6.54 Å². The Morgan fingerprint density at radius 3 is 2.86 bits per heavy atom. The second kappa shape index (κ2) is 5.50. The van der Waals surface area contributed by atoms with Gasteiger partial charge >= 0.3 is 11.7 Å². The minimum absolute atomic E-state index is 0. The van der Waals surface area contributed by atoms with E-state index in [0.717, 1.165) is 0 Å². The summed E-state index contributed by atoms with van der Waals surface area (Å²) in [5.74, 6) is -1.04. The first-order chi connectivity index (χ1) is 10.1. The third-order valence-electron chi connectivity index (χ3n) is 3.16. The molecule has 1 aliphatic rings. The molecule has 0 atom stereocenters. The van der Waals surface area contributed by atoms with Crippen molar-refractivity contribution in [2.75, 3.05) is 6.79 Å². The van der Waals surface area contributed by atoms with E-state index in [2.05, 4.69) is 10.1 Å². The van der Waals surface area contributed by atoms with Crippen molar-refractivity contribution in [3.8, 4) is 11.5 Å². The number of carboxylic acid groups (broad SMARTS) is 1. The largest absolute Gasteiger partial charge is 1.00 e. The Kier molecular flexibility index (Phi) is 3.88. The number of fused-ring (bicyclic) bond motifs is 2. The molecule has 0 unspecified atom stereocenters. The van der Waals surface area contributed by atoms with Gasteiger partial charge in [-0.15, -0.1) is 0 Å². The summed E-state index contributed by atoms with van der Waals surface area (Å²) < 4.78 is 11.7. The molecular weight excluding hydrogens is 316 g/mol. The molecule has 1 N–H and O–H groups in total. The lowest BCUT2D eigenvalue weighted by atomic mass is 10.1. The van der Waals surface area contributed by atoms with Crippen LogP contribution in [0.5, 0.6) is 11.5 Å². The molecule has 3 rings (SSSR count). The van der Waals surface area contributed by atoms with Crippen molar-refractivity contribution in [2.24, 2.45) is 0 Å². The predicted molar refractivity (Wildman–Crippen MR) is 69.5 cm³/mol. The van der Waals surface area contributed by atoms with Gasteiger partial charge in [0.05, 0.1) is 5.52 Å². The van der Waals surface area contributed by atoms with Gasteiger partial charge in [-0.2, -0.15) is 5.10 Å². The van der Waals surface area contributed by atoms with E-state index in [-0.39, 0.29) is 36.0 Å². The monoisotopic (exact) mass is 324 g/mol. The average Bonchev–Trinajstić information content (AvgIpc) is 2.93. The zero-order valence-corrected chi connectivity index (χ0v) is 12.0. The molecule has 2 aromatic rings. The molecule has 0 saturated carbocycles. The summed E-state index contributed by atoms with van der Waals surface area (Å²) in [4.78, 5) is 26.5. The van der Waals surface area contributed by atoms with Crippen LogP contribution in [0.4, 0.5) is 5.69 Å². The van der Waals surface area contributed by atoms with Gasteiger partial charge in [0, 0.05) is 12.6 Å². The van der Waals surface area contributed by atoms with Crippen LogP contribution >= 0.6 is 0 Å². The molecule has 0 aliphatic carbocycles. The van der Waals surface area contributed by atoms with Gasteiger partial charge < -0.3 is 27.0 Å². The maximum absolute atomic E-state index is 12.3. The number of carbonyl (C=O) groups is 1. The van der Waals surface area contributed by atoms with Crippen molar-refractivity contribution < 1.29 is 31.8 Å². The van der Waals surface area contributed by atoms with E-state index in [1.54, 1.807) is 6.92 Å². The summed E-state index contributed by atoms with van der Waals surface area (Å²) in [5.41, 5.74) is -1.33. The Balaban J connectivity index is 0.00000176. The minimum atomic E-state index is -1.45. The van der Waals surface area contributed by atoms with Crippen molar-refractivity contribution in [3.05, 3.63) is 27.0 Å². The zero-order valence-electron chi connectivity index (χ0n) is 11.2. The standard InChI is InChI=1S/C12H8N4O5.ClH/c1-2-16-5-3-6-11(21-4-20-6)8(14-13)7(5)10(17)9(15-16)12(18)19;/h3H,2,4H2,1H3;1H. The number of aromatic carboxylic acids is 1. The molecule has 0 fully saturated rings. The van der Waals surface area contributed by atoms with Crippen molar-refractivity contribution in [1.82, 2.24) is 9.78 Å². The van der Waals surface area contributed by atoms with E-state index in [9.17, 15) is 15.0 Å². The fraction of sp³-hybridized carbons (Fsp3) is 0.250. The summed E-state index contributed by atoms with van der Waals surface area (Å²) in [6, 6.07) is 1.51. The van der Waals surface area contributed by atoms with E-state index in [4.69, 9.17) is 14.6 Å². The fourth-order valence-electron chi connectivity index (χ4n) is 2.25. The van der Waals surface area contributed by atoms with Crippen LogP contribution in [0.25, 0.3) is 15.9 Å². The highest BCUT2D eigenvalue weighted by Gasteiger charge is 2.34. The fourth-order valence-corrected chi connectivity index (χ4v) is 2.25. The second-order valence-corrected chi connectivity index (χ2v) is 4.25. The number of diazo groups is 1. The highest BCUT2D eigenvalue weighted by molar-refractivity contribution is 6.00. The van der Waals surface area contributed by atoms with Gasteiger partial charge in [-0.3, -0.25) is 9.48 Å². The number of aromatic nitrogens is 2. The number of carboxylic acids is 1. The Hall–Kier alpha value is -2.86. The van der Waals surface area contributed by atoms with Crippen molar-refractivity contribution in [2.45, 2.75) is 13.5 Å². The maximum atomic E-state index is 12.3. The number of hydrogen-bond donors (Lipinski definition) is 1.